The molecule has 17 rings (SSSR count). The van der Waals surface area contributed by atoms with Gasteiger partial charge in [0, 0.05) is 82.6 Å². The summed E-state index contributed by atoms with van der Waals surface area (Å²) < 4.78 is 42.8. The van der Waals surface area contributed by atoms with Gasteiger partial charge in [0.15, 0.2) is 5.78 Å². The van der Waals surface area contributed by atoms with Crippen molar-refractivity contribution in [2.45, 2.75) is 71.6 Å². The molecule has 0 atom stereocenters. The molecule has 0 aliphatic heterocycles. The molecule has 0 saturated heterocycles. The summed E-state index contributed by atoms with van der Waals surface area (Å²) in [5.74, 6) is -0.814. The number of aliphatic hydroxyl groups excluding tert-OH is 1. The van der Waals surface area contributed by atoms with E-state index in [2.05, 4.69) is 192 Å². The van der Waals surface area contributed by atoms with Crippen LogP contribution >= 0.6 is 0 Å². The van der Waals surface area contributed by atoms with Crippen LogP contribution in [0.2, 0.25) is 0 Å². The number of hydrogen-bond donors (Lipinski definition) is 1. The number of hydrogen-bond acceptors (Lipinski definition) is 5. The number of pyridine rings is 3. The Labute approximate surface area is 622 Å². The standard InChI is InChI=1S/2C30H21FN.C24H17FN.C5H8O2.3Ir/c1-30(2)24-12-7-6-11-21(24)22-16-15-20(17-25(22)30)28-18-23(19-9-4-3-5-10-19)29-26(31)13-8-14-27(29)32-28;1-30(2)26-11-7-6-10-22(26)23-14-12-20(16-27(23)30)29-18-24(19-8-4-3-5-9-19)25-17-21(31)13-15-28(25)32-29;1-24(2)19-7-4-3-6-16(19)17-11-10-15(14-20(17)24)22-13-12-18-21(25)8-5-9-23(18)26-22;1-4(6)3-5(2)7;;;/h3-14,16-18H,1-2H3;3-11,13-18H,1-2H3;3-9,11-14H,1-2H3;3,6H,1-2H3;;;/q3*-1;;;;. The van der Waals surface area contributed by atoms with E-state index in [1.54, 1.807) is 30.3 Å². The molecule has 11 aromatic carbocycles. The number of nitrogens with zero attached hydrogens (tertiary/aromatic N) is 3. The number of aliphatic hydroxyl groups is 1. The van der Waals surface area contributed by atoms with Crippen LogP contribution in [0.3, 0.4) is 0 Å². The minimum Gasteiger partial charge on any atom is -0.512 e. The van der Waals surface area contributed by atoms with Crippen LogP contribution in [-0.2, 0) is 81.4 Å². The summed E-state index contributed by atoms with van der Waals surface area (Å²) >= 11 is 0. The summed E-state index contributed by atoms with van der Waals surface area (Å²) in [6.45, 7) is 16.4. The summed E-state index contributed by atoms with van der Waals surface area (Å²) in [5.41, 5.74) is 26.4. The molecule has 5 nitrogen and oxygen atoms in total. The average Bonchev–Trinajstić information content (AvgIpc) is 1.57. The number of carbonyl (C=O) groups excluding carboxylic acids is 1. The molecule has 0 bridgehead atoms. The Balaban J connectivity index is 0.000000143. The Morgan fingerprint density at radius 2 is 0.770 bits per heavy atom. The number of halogens is 3. The van der Waals surface area contributed by atoms with Gasteiger partial charge in [-0.2, -0.15) is 0 Å². The summed E-state index contributed by atoms with van der Waals surface area (Å²) in [5, 5.41) is 10.3. The molecule has 0 unspecified atom stereocenters. The molecule has 1 N–H and O–H groups in total. The molecule has 11 heteroatoms. The van der Waals surface area contributed by atoms with Gasteiger partial charge in [-0.15, -0.1) is 88.0 Å². The zero-order valence-corrected chi connectivity index (χ0v) is 63.3. The number of carbonyl (C=O) groups is 1. The van der Waals surface area contributed by atoms with Gasteiger partial charge in [0.05, 0.1) is 22.3 Å². The fourth-order valence-electron chi connectivity index (χ4n) is 14.3. The molecular formula is C89H67F3Ir3N3O2-3. The third-order valence-electron chi connectivity index (χ3n) is 19.2. The second-order valence-corrected chi connectivity index (χ2v) is 26.6. The Bertz CT molecular complexity index is 5500. The minimum atomic E-state index is -0.257. The molecule has 0 spiro atoms. The van der Waals surface area contributed by atoms with E-state index in [1.165, 1.54) is 105 Å². The molecule has 0 fully saturated rings. The number of rotatable bonds is 6. The van der Waals surface area contributed by atoms with Crippen LogP contribution < -0.4 is 0 Å². The second-order valence-electron chi connectivity index (χ2n) is 26.6. The molecule has 501 valence electrons. The molecule has 100 heavy (non-hydrogen) atoms. The van der Waals surface area contributed by atoms with Crippen LogP contribution in [0.5, 0.6) is 0 Å². The predicted molar refractivity (Wildman–Crippen MR) is 389 cm³/mol. The largest absolute Gasteiger partial charge is 0.512 e. The van der Waals surface area contributed by atoms with Crippen LogP contribution in [0.25, 0.3) is 122 Å². The van der Waals surface area contributed by atoms with E-state index in [4.69, 9.17) is 15.1 Å². The third-order valence-corrected chi connectivity index (χ3v) is 19.2. The minimum absolute atomic E-state index is 0. The van der Waals surface area contributed by atoms with E-state index < -0.39 is 0 Å². The van der Waals surface area contributed by atoms with Crippen LogP contribution in [-0.4, -0.2) is 25.8 Å². The van der Waals surface area contributed by atoms with Crippen LogP contribution in [0, 0.1) is 35.7 Å². The topological polar surface area (TPSA) is 76.0 Å². The maximum atomic E-state index is 14.9. The molecule has 0 saturated carbocycles. The van der Waals surface area contributed by atoms with Crippen molar-refractivity contribution in [3.63, 3.8) is 0 Å². The summed E-state index contributed by atoms with van der Waals surface area (Å²) in [6.07, 6.45) is 1.17. The number of aromatic nitrogens is 3. The van der Waals surface area contributed by atoms with E-state index in [1.807, 2.05) is 72.8 Å². The summed E-state index contributed by atoms with van der Waals surface area (Å²) in [7, 11) is 0. The van der Waals surface area contributed by atoms with Gasteiger partial charge in [-0.3, -0.25) is 19.7 Å². The van der Waals surface area contributed by atoms with Crippen LogP contribution in [0.4, 0.5) is 13.2 Å². The smallest absolute Gasteiger partial charge is 0.155 e. The van der Waals surface area contributed by atoms with Gasteiger partial charge >= 0.3 is 0 Å². The number of ketones is 1. The van der Waals surface area contributed by atoms with Crippen molar-refractivity contribution in [1.82, 2.24) is 15.0 Å². The Kier molecular flexibility index (Phi) is 20.9. The molecule has 3 aliphatic rings. The zero-order valence-electron chi connectivity index (χ0n) is 56.1. The fraction of sp³-hybridized carbons (Fsp3) is 0.124. The molecule has 0 amide bonds. The van der Waals surface area contributed by atoms with Crippen LogP contribution in [0.1, 0.15) is 88.8 Å². The average molecular weight is 1840 g/mol. The van der Waals surface area contributed by atoms with Gasteiger partial charge in [-0.25, -0.2) is 13.2 Å². The summed E-state index contributed by atoms with van der Waals surface area (Å²) in [6, 6.07) is 91.6. The van der Waals surface area contributed by atoms with Gasteiger partial charge in [0.1, 0.15) is 17.5 Å². The first-order chi connectivity index (χ1) is 46.7. The van der Waals surface area contributed by atoms with Crippen molar-refractivity contribution < 1.29 is 83.4 Å². The van der Waals surface area contributed by atoms with Gasteiger partial charge in [-0.05, 0) is 129 Å². The van der Waals surface area contributed by atoms with Gasteiger partial charge in [0.2, 0.25) is 0 Å². The van der Waals surface area contributed by atoms with E-state index in [-0.39, 0.29) is 106 Å². The van der Waals surface area contributed by atoms with E-state index in [9.17, 15) is 18.0 Å². The fourth-order valence-corrected chi connectivity index (χ4v) is 14.3. The first kappa shape index (κ1) is 71.9. The molecule has 14 aromatic rings. The van der Waals surface area contributed by atoms with Gasteiger partial charge < -0.3 is 5.11 Å². The molecule has 3 radical (unpaired) electrons. The van der Waals surface area contributed by atoms with Crippen molar-refractivity contribution in [2.75, 3.05) is 0 Å². The first-order valence-electron chi connectivity index (χ1n) is 32.5. The maximum Gasteiger partial charge on any atom is 0.155 e. The van der Waals surface area contributed by atoms with Crippen molar-refractivity contribution >= 4 is 38.5 Å². The van der Waals surface area contributed by atoms with Crippen molar-refractivity contribution in [3.05, 3.63) is 330 Å². The monoisotopic (exact) mass is 1850 g/mol. The third kappa shape index (κ3) is 13.5. The Morgan fingerprint density at radius 1 is 0.370 bits per heavy atom. The van der Waals surface area contributed by atoms with Gasteiger partial charge in [0.25, 0.3) is 0 Å². The first-order valence-corrected chi connectivity index (χ1v) is 32.5. The number of fused-ring (bicyclic) bond motifs is 12. The van der Waals surface area contributed by atoms with E-state index in [0.717, 1.165) is 66.9 Å². The van der Waals surface area contributed by atoms with Crippen molar-refractivity contribution in [3.8, 4) is 89.4 Å². The zero-order chi connectivity index (χ0) is 67.5. The normalized spacial score (nSPS) is 13.3. The Hall–Kier alpha value is -9.40. The second kappa shape index (κ2) is 29.0. The maximum absolute atomic E-state index is 14.9. The SMILES string of the molecule is CC(=O)C=C(C)O.CC1(C)c2ccccc2-c2c[c-]c(-c3cc(-c4ccccc4)c4c(F)cccc4n3)cc21.CC1(C)c2ccccc2-c2c[c-]c(-c3cc(-c4ccccc4)c4cc(F)ccc4n3)cc21.CC1(C)c2ccccc2-c2c[c-]c(-c3ccc4c(F)cccc4n3)cc21.[Ir].[Ir].[Ir]. The number of benzene rings is 11. The van der Waals surface area contributed by atoms with E-state index >= 15 is 0 Å². The summed E-state index contributed by atoms with van der Waals surface area (Å²) in [4.78, 5) is 24.4. The quantitative estimate of drug-likeness (QED) is 0.102. The molecule has 3 aliphatic carbocycles. The molecule has 3 aromatic heterocycles. The molecular weight excluding hydrogens is 1780 g/mol. The number of allylic oxidation sites excluding steroid dienone is 2. The Morgan fingerprint density at radius 3 is 1.24 bits per heavy atom. The molecule has 3 heterocycles. The van der Waals surface area contributed by atoms with E-state index in [0.29, 0.717) is 21.8 Å². The van der Waals surface area contributed by atoms with Crippen molar-refractivity contribution in [1.29, 1.82) is 0 Å². The predicted octanol–water partition coefficient (Wildman–Crippen LogP) is 22.8. The van der Waals surface area contributed by atoms with Gasteiger partial charge in [-0.1, -0.05) is 245 Å². The van der Waals surface area contributed by atoms with Crippen LogP contribution in [0.15, 0.2) is 261 Å². The van der Waals surface area contributed by atoms with Crippen molar-refractivity contribution in [2.24, 2.45) is 0 Å².